The summed E-state index contributed by atoms with van der Waals surface area (Å²) in [5.41, 5.74) is 5.83. The Labute approximate surface area is 101 Å². The number of carbonyl (C=O) groups is 1. The van der Waals surface area contributed by atoms with E-state index < -0.39 is 5.97 Å². The lowest BCUT2D eigenvalue weighted by Gasteiger charge is -2.34. The van der Waals surface area contributed by atoms with Gasteiger partial charge in [0.15, 0.2) is 0 Å². The molecule has 4 nitrogen and oxygen atoms in total. The van der Waals surface area contributed by atoms with Crippen LogP contribution in [0.1, 0.15) is 48.4 Å². The van der Waals surface area contributed by atoms with Gasteiger partial charge in [-0.3, -0.25) is 0 Å². The van der Waals surface area contributed by atoms with Crippen LogP contribution in [0.5, 0.6) is 0 Å². The van der Waals surface area contributed by atoms with E-state index in [0.717, 1.165) is 18.6 Å². The molecule has 1 aliphatic rings. The molecular formula is C13H19NO3. The largest absolute Gasteiger partial charge is 0.463 e. The van der Waals surface area contributed by atoms with E-state index in [2.05, 4.69) is 4.74 Å². The van der Waals surface area contributed by atoms with Crippen molar-refractivity contribution >= 4 is 5.97 Å². The van der Waals surface area contributed by atoms with Crippen LogP contribution in [0.25, 0.3) is 0 Å². The number of carbonyl (C=O) groups excluding carboxylic acids is 1. The van der Waals surface area contributed by atoms with Crippen LogP contribution in [0.2, 0.25) is 0 Å². The maximum absolute atomic E-state index is 11.4. The first kappa shape index (κ1) is 12.2. The lowest BCUT2D eigenvalue weighted by Crippen LogP contribution is -2.36. The normalized spacial score (nSPS) is 18.9. The first-order valence-corrected chi connectivity index (χ1v) is 6.10. The van der Waals surface area contributed by atoms with E-state index in [1.807, 2.05) is 6.07 Å². The second-order valence-corrected chi connectivity index (χ2v) is 4.70. The molecule has 0 radical (unpaired) electrons. The van der Waals surface area contributed by atoms with Crippen LogP contribution >= 0.6 is 0 Å². The zero-order chi connectivity index (χ0) is 12.3. The van der Waals surface area contributed by atoms with Gasteiger partial charge in [-0.05, 0) is 25.0 Å². The van der Waals surface area contributed by atoms with Gasteiger partial charge >= 0.3 is 5.97 Å². The van der Waals surface area contributed by atoms with Crippen LogP contribution in [0.4, 0.5) is 0 Å². The average molecular weight is 237 g/mol. The monoisotopic (exact) mass is 237 g/mol. The second kappa shape index (κ2) is 4.92. The summed E-state index contributed by atoms with van der Waals surface area (Å²) < 4.78 is 10.3. The van der Waals surface area contributed by atoms with Crippen LogP contribution in [0.15, 0.2) is 16.5 Å². The molecule has 2 N–H and O–H groups in total. The van der Waals surface area contributed by atoms with Crippen LogP contribution in [0, 0.1) is 0 Å². The molecule has 2 rings (SSSR count). The van der Waals surface area contributed by atoms with Crippen molar-refractivity contribution in [2.24, 2.45) is 5.73 Å². The van der Waals surface area contributed by atoms with Crippen molar-refractivity contribution in [3.63, 3.8) is 0 Å². The standard InChI is InChI=1S/C13H19NO3/c1-16-12(15)10-5-6-11(17-10)13(9-14)7-3-2-4-8-13/h5-6H,2-4,7-9,14H2,1H3. The summed E-state index contributed by atoms with van der Waals surface area (Å²) in [6.07, 6.45) is 5.68. The fourth-order valence-corrected chi connectivity index (χ4v) is 2.61. The summed E-state index contributed by atoms with van der Waals surface area (Å²) in [5, 5.41) is 0. The molecule has 17 heavy (non-hydrogen) atoms. The summed E-state index contributed by atoms with van der Waals surface area (Å²) in [6, 6.07) is 3.54. The van der Waals surface area contributed by atoms with E-state index in [-0.39, 0.29) is 11.2 Å². The third-order valence-corrected chi connectivity index (χ3v) is 3.72. The molecule has 0 saturated heterocycles. The Morgan fingerprint density at radius 3 is 2.71 bits per heavy atom. The molecule has 0 spiro atoms. The van der Waals surface area contributed by atoms with Crippen LogP contribution < -0.4 is 5.73 Å². The predicted molar refractivity (Wildman–Crippen MR) is 63.9 cm³/mol. The Kier molecular flexibility index (Phi) is 3.52. The molecule has 1 fully saturated rings. The first-order valence-electron chi connectivity index (χ1n) is 6.10. The maximum Gasteiger partial charge on any atom is 0.373 e. The Morgan fingerprint density at radius 1 is 1.41 bits per heavy atom. The van der Waals surface area contributed by atoms with E-state index in [1.165, 1.54) is 26.4 Å². The molecule has 1 saturated carbocycles. The highest BCUT2D eigenvalue weighted by Crippen LogP contribution is 2.39. The van der Waals surface area contributed by atoms with Crippen molar-refractivity contribution in [3.8, 4) is 0 Å². The molecule has 0 atom stereocenters. The van der Waals surface area contributed by atoms with Crippen LogP contribution in [0.3, 0.4) is 0 Å². The molecule has 4 heteroatoms. The van der Waals surface area contributed by atoms with Gasteiger partial charge < -0.3 is 14.9 Å². The molecule has 0 unspecified atom stereocenters. The van der Waals surface area contributed by atoms with Crippen molar-refractivity contribution in [1.29, 1.82) is 0 Å². The molecule has 94 valence electrons. The number of rotatable bonds is 3. The van der Waals surface area contributed by atoms with Gasteiger partial charge in [0.25, 0.3) is 0 Å². The molecular weight excluding hydrogens is 218 g/mol. The number of methoxy groups -OCH3 is 1. The summed E-state index contributed by atoms with van der Waals surface area (Å²) in [5.74, 6) is 0.667. The van der Waals surface area contributed by atoms with Gasteiger partial charge in [-0.15, -0.1) is 0 Å². The highest BCUT2D eigenvalue weighted by Gasteiger charge is 2.35. The van der Waals surface area contributed by atoms with Gasteiger partial charge in [0, 0.05) is 12.0 Å². The van der Waals surface area contributed by atoms with Crippen LogP contribution in [-0.4, -0.2) is 19.6 Å². The number of furan rings is 1. The molecule has 1 heterocycles. The quantitative estimate of drug-likeness (QED) is 0.819. The minimum atomic E-state index is -0.431. The van der Waals surface area contributed by atoms with Crippen LogP contribution in [-0.2, 0) is 10.2 Å². The Bertz CT molecular complexity index is 391. The maximum atomic E-state index is 11.4. The summed E-state index contributed by atoms with van der Waals surface area (Å²) >= 11 is 0. The van der Waals surface area contributed by atoms with E-state index in [4.69, 9.17) is 10.2 Å². The smallest absolute Gasteiger partial charge is 0.373 e. The van der Waals surface area contributed by atoms with Crippen molar-refractivity contribution in [2.45, 2.75) is 37.5 Å². The topological polar surface area (TPSA) is 65.5 Å². The second-order valence-electron chi connectivity index (χ2n) is 4.70. The summed E-state index contributed by atoms with van der Waals surface area (Å²) in [6.45, 7) is 0.571. The zero-order valence-corrected chi connectivity index (χ0v) is 10.2. The molecule has 0 bridgehead atoms. The number of hydrogen-bond acceptors (Lipinski definition) is 4. The SMILES string of the molecule is COC(=O)c1ccc(C2(CN)CCCCC2)o1. The summed E-state index contributed by atoms with van der Waals surface area (Å²) in [7, 11) is 1.35. The van der Waals surface area contributed by atoms with Crippen molar-refractivity contribution < 1.29 is 13.9 Å². The van der Waals surface area contributed by atoms with Gasteiger partial charge in [-0.1, -0.05) is 19.3 Å². The van der Waals surface area contributed by atoms with Gasteiger partial charge in [-0.25, -0.2) is 4.79 Å². The number of hydrogen-bond donors (Lipinski definition) is 1. The fraction of sp³-hybridized carbons (Fsp3) is 0.615. The van der Waals surface area contributed by atoms with Gasteiger partial charge in [0.05, 0.1) is 7.11 Å². The Morgan fingerprint density at radius 2 is 2.12 bits per heavy atom. The first-order chi connectivity index (χ1) is 8.22. The Hall–Kier alpha value is -1.29. The predicted octanol–water partition coefficient (Wildman–Crippen LogP) is 2.23. The third-order valence-electron chi connectivity index (χ3n) is 3.72. The lowest BCUT2D eigenvalue weighted by molar-refractivity contribution is 0.0559. The zero-order valence-electron chi connectivity index (χ0n) is 10.2. The molecule has 0 amide bonds. The molecule has 0 aromatic carbocycles. The Balaban J connectivity index is 2.25. The number of esters is 1. The average Bonchev–Trinajstić information content (AvgIpc) is 2.88. The molecule has 1 aromatic heterocycles. The van der Waals surface area contributed by atoms with Crippen molar-refractivity contribution in [3.05, 3.63) is 23.7 Å². The van der Waals surface area contributed by atoms with E-state index in [9.17, 15) is 4.79 Å². The molecule has 1 aliphatic carbocycles. The molecule has 1 aromatic rings. The van der Waals surface area contributed by atoms with Gasteiger partial charge in [0.1, 0.15) is 5.76 Å². The highest BCUT2D eigenvalue weighted by atomic mass is 16.5. The highest BCUT2D eigenvalue weighted by molar-refractivity contribution is 5.86. The summed E-state index contributed by atoms with van der Waals surface area (Å²) in [4.78, 5) is 11.4. The van der Waals surface area contributed by atoms with Gasteiger partial charge in [0.2, 0.25) is 5.76 Å². The minimum absolute atomic E-state index is 0.0788. The van der Waals surface area contributed by atoms with Crippen molar-refractivity contribution in [1.82, 2.24) is 0 Å². The van der Waals surface area contributed by atoms with E-state index >= 15 is 0 Å². The minimum Gasteiger partial charge on any atom is -0.463 e. The van der Waals surface area contributed by atoms with Gasteiger partial charge in [-0.2, -0.15) is 0 Å². The number of ether oxygens (including phenoxy) is 1. The fourth-order valence-electron chi connectivity index (χ4n) is 2.61. The van der Waals surface area contributed by atoms with Crippen molar-refractivity contribution in [2.75, 3.05) is 13.7 Å². The van der Waals surface area contributed by atoms with E-state index in [0.29, 0.717) is 6.54 Å². The molecule has 0 aliphatic heterocycles. The lowest BCUT2D eigenvalue weighted by atomic mass is 9.72. The van der Waals surface area contributed by atoms with E-state index in [1.54, 1.807) is 6.07 Å². The number of nitrogens with two attached hydrogens (primary N) is 1. The third kappa shape index (κ3) is 2.22.